The number of hydrogen-bond acceptors (Lipinski definition) is 8. The molecule has 1 fully saturated rings. The number of hydrogen-bond donors (Lipinski definition) is 1. The Balaban J connectivity index is 1.34. The minimum Gasteiger partial charge on any atom is -0.456 e. The summed E-state index contributed by atoms with van der Waals surface area (Å²) in [6, 6.07) is 11.4. The molecule has 2 aliphatic rings. The number of aliphatic hydroxyl groups is 1. The lowest BCUT2D eigenvalue weighted by molar-refractivity contribution is -0.384. The van der Waals surface area contributed by atoms with E-state index in [0.29, 0.717) is 11.3 Å². The van der Waals surface area contributed by atoms with Crippen molar-refractivity contribution in [1.82, 2.24) is 14.3 Å². The second kappa shape index (κ2) is 9.98. The number of nitro benzene ring substituents is 1. The first-order valence-electron chi connectivity index (χ1n) is 12.0. The number of thioether (sulfide) groups is 1. The smallest absolute Gasteiger partial charge is 0.356 e. The molecule has 0 saturated carbocycles. The van der Waals surface area contributed by atoms with Crippen molar-refractivity contribution >= 4 is 35.0 Å². The summed E-state index contributed by atoms with van der Waals surface area (Å²) >= 11 is 1.52. The van der Waals surface area contributed by atoms with Gasteiger partial charge in [0.25, 0.3) is 5.69 Å². The minimum absolute atomic E-state index is 0.0503. The highest BCUT2D eigenvalue weighted by atomic mass is 32.2. The highest BCUT2D eigenvalue weighted by molar-refractivity contribution is 8.03. The van der Waals surface area contributed by atoms with Crippen LogP contribution in [-0.4, -0.2) is 54.1 Å². The maximum Gasteiger partial charge on any atom is 0.356 e. The van der Waals surface area contributed by atoms with Gasteiger partial charge in [-0.05, 0) is 43.2 Å². The highest BCUT2D eigenvalue weighted by Gasteiger charge is 2.60. The van der Waals surface area contributed by atoms with Crippen molar-refractivity contribution in [2.45, 2.75) is 39.0 Å². The molecule has 4 heterocycles. The Kier molecular flexibility index (Phi) is 6.74. The van der Waals surface area contributed by atoms with E-state index in [9.17, 15) is 24.8 Å². The van der Waals surface area contributed by atoms with Gasteiger partial charge < -0.3 is 19.1 Å². The van der Waals surface area contributed by atoms with Gasteiger partial charge in [0.2, 0.25) is 5.91 Å². The van der Waals surface area contributed by atoms with Crippen molar-refractivity contribution in [3.8, 4) is 0 Å². The van der Waals surface area contributed by atoms with Gasteiger partial charge >= 0.3 is 5.97 Å². The van der Waals surface area contributed by atoms with Crippen LogP contribution in [0.4, 0.5) is 5.69 Å². The third-order valence-corrected chi connectivity index (χ3v) is 8.23. The molecule has 5 rings (SSSR count). The van der Waals surface area contributed by atoms with Crippen LogP contribution in [-0.2, 0) is 27.4 Å². The van der Waals surface area contributed by atoms with Gasteiger partial charge in [-0.3, -0.25) is 14.9 Å². The number of carbonyl (C=O) groups excluding carboxylic acids is 2. The van der Waals surface area contributed by atoms with Crippen molar-refractivity contribution in [3.05, 3.63) is 86.8 Å². The summed E-state index contributed by atoms with van der Waals surface area (Å²) in [6.07, 6.45) is 3.56. The molecule has 0 unspecified atom stereocenters. The lowest BCUT2D eigenvalue weighted by atomic mass is 9.79. The first-order chi connectivity index (χ1) is 17.8. The van der Waals surface area contributed by atoms with Crippen molar-refractivity contribution in [2.24, 2.45) is 11.8 Å². The molecular formula is C26H26N4O6S. The second-order valence-corrected chi connectivity index (χ2v) is 10.4. The van der Waals surface area contributed by atoms with Crippen molar-refractivity contribution in [2.75, 3.05) is 5.75 Å². The Bertz CT molecular complexity index is 1400. The monoisotopic (exact) mass is 522 g/mol. The molecule has 2 aliphatic heterocycles. The zero-order valence-corrected chi connectivity index (χ0v) is 21.1. The number of nitrogens with zero attached hydrogens (tertiary/aromatic N) is 4. The molecule has 2 aromatic heterocycles. The number of nitro groups is 1. The largest absolute Gasteiger partial charge is 0.456 e. The normalized spacial score (nSPS) is 21.6. The second-order valence-electron chi connectivity index (χ2n) is 9.24. The first-order valence-corrected chi connectivity index (χ1v) is 13.0. The molecule has 1 amide bonds. The number of aliphatic hydroxyl groups excluding tert-OH is 1. The fraction of sp³-hybridized carbons (Fsp3) is 0.346. The van der Waals surface area contributed by atoms with Crippen LogP contribution in [0.3, 0.4) is 0 Å². The number of amides is 1. The average Bonchev–Trinajstić information content (AvgIpc) is 3.44. The van der Waals surface area contributed by atoms with Gasteiger partial charge in [-0.1, -0.05) is 13.0 Å². The van der Waals surface area contributed by atoms with Gasteiger partial charge in [-0.2, -0.15) is 0 Å². The zero-order valence-electron chi connectivity index (χ0n) is 20.3. The number of rotatable bonds is 9. The molecule has 1 saturated heterocycles. The van der Waals surface area contributed by atoms with Gasteiger partial charge in [-0.25, -0.2) is 9.78 Å². The Hall–Kier alpha value is -3.70. The minimum atomic E-state index is -0.822. The van der Waals surface area contributed by atoms with Crippen molar-refractivity contribution in [3.63, 3.8) is 0 Å². The number of imidazole rings is 1. The van der Waals surface area contributed by atoms with Gasteiger partial charge in [0.15, 0.2) is 0 Å². The summed E-state index contributed by atoms with van der Waals surface area (Å²) in [5.41, 5.74) is 2.72. The van der Waals surface area contributed by atoms with Crippen LogP contribution >= 0.6 is 11.8 Å². The quantitative estimate of drug-likeness (QED) is 0.196. The predicted molar refractivity (Wildman–Crippen MR) is 136 cm³/mol. The number of fused-ring (bicyclic) bond motifs is 2. The summed E-state index contributed by atoms with van der Waals surface area (Å²) in [5, 5.41) is 21.1. The number of aryl methyl sites for hydroxylation is 1. The lowest BCUT2D eigenvalue weighted by Crippen LogP contribution is -2.63. The van der Waals surface area contributed by atoms with Crippen LogP contribution in [0.1, 0.15) is 25.1 Å². The Labute approximate surface area is 217 Å². The molecule has 192 valence electrons. The molecule has 0 aliphatic carbocycles. The molecule has 3 aromatic rings. The third kappa shape index (κ3) is 4.49. The van der Waals surface area contributed by atoms with Gasteiger partial charge in [0.05, 0.1) is 23.0 Å². The molecule has 0 radical (unpaired) electrons. The van der Waals surface area contributed by atoms with E-state index in [4.69, 9.17) is 4.74 Å². The van der Waals surface area contributed by atoms with Crippen molar-refractivity contribution < 1.29 is 24.4 Å². The standard InChI is InChI=1S/C26H26N4O6S/c1-15-22-21(16(2)31)25(32)29(22)23(26(33)36-14-17-6-8-19(9-7-17)30(34)35)24(15)37-13-10-18-4-3-5-20-27-11-12-28(18)20/h3-9,11-12,15-16,21-22,31H,10,13-14H2,1-2H3/t15-,16-,21-,22-/m1/s1. The molecule has 37 heavy (non-hydrogen) atoms. The van der Waals surface area contributed by atoms with Gasteiger partial charge in [-0.15, -0.1) is 11.8 Å². The van der Waals surface area contributed by atoms with E-state index < -0.39 is 22.9 Å². The van der Waals surface area contributed by atoms with Crippen LogP contribution in [0.5, 0.6) is 0 Å². The summed E-state index contributed by atoms with van der Waals surface area (Å²) in [5.74, 6) is -0.930. The summed E-state index contributed by atoms with van der Waals surface area (Å²) in [6.45, 7) is 3.48. The molecule has 11 heteroatoms. The molecule has 4 atom stereocenters. The summed E-state index contributed by atoms with van der Waals surface area (Å²) < 4.78 is 7.57. The predicted octanol–water partition coefficient (Wildman–Crippen LogP) is 3.33. The van der Waals surface area contributed by atoms with E-state index in [2.05, 4.69) is 4.98 Å². The van der Waals surface area contributed by atoms with E-state index in [1.54, 1.807) is 13.1 Å². The summed E-state index contributed by atoms with van der Waals surface area (Å²) in [4.78, 5) is 43.1. The maximum atomic E-state index is 13.3. The number of esters is 1. The van der Waals surface area contributed by atoms with Gasteiger partial charge in [0.1, 0.15) is 18.0 Å². The topological polar surface area (TPSA) is 127 Å². The fourth-order valence-corrected chi connectivity index (χ4v) is 6.36. The number of benzene rings is 1. The first kappa shape index (κ1) is 25.0. The Morgan fingerprint density at radius 3 is 2.73 bits per heavy atom. The van der Waals surface area contributed by atoms with E-state index in [-0.39, 0.29) is 35.9 Å². The number of carbonyl (C=O) groups is 2. The number of ether oxygens (including phenoxy) is 1. The SMILES string of the molecule is C[C@@H](O)[C@H]1C(=O)N2C(C(=O)OCc3ccc([N+](=O)[O-])cc3)=C(SCCc3cccc4nccn34)[C@H](C)[C@H]12. The maximum absolute atomic E-state index is 13.3. The van der Waals surface area contributed by atoms with Gasteiger partial charge in [0, 0.05) is 46.8 Å². The molecule has 10 nitrogen and oxygen atoms in total. The molecule has 1 N–H and O–H groups in total. The number of pyridine rings is 1. The number of aromatic nitrogens is 2. The fourth-order valence-electron chi connectivity index (χ4n) is 5.11. The van der Waals surface area contributed by atoms with Crippen LogP contribution in [0, 0.1) is 22.0 Å². The van der Waals surface area contributed by atoms with E-state index in [0.717, 1.165) is 22.7 Å². The molecule has 0 bridgehead atoms. The molecule has 1 aromatic carbocycles. The third-order valence-electron chi connectivity index (χ3n) is 6.95. The van der Waals surface area contributed by atoms with Crippen LogP contribution in [0.2, 0.25) is 0 Å². The molecular weight excluding hydrogens is 496 g/mol. The Morgan fingerprint density at radius 1 is 1.27 bits per heavy atom. The van der Waals surface area contributed by atoms with Crippen LogP contribution in [0.15, 0.2) is 65.5 Å². The lowest BCUT2D eigenvalue weighted by Gasteiger charge is -2.46. The van der Waals surface area contributed by atoms with Crippen LogP contribution < -0.4 is 0 Å². The van der Waals surface area contributed by atoms with E-state index >= 15 is 0 Å². The average molecular weight is 523 g/mol. The number of non-ortho nitro benzene ring substituents is 1. The zero-order chi connectivity index (χ0) is 26.3. The van der Waals surface area contributed by atoms with Crippen molar-refractivity contribution in [1.29, 1.82) is 0 Å². The molecule has 0 spiro atoms. The van der Waals surface area contributed by atoms with E-state index in [1.165, 1.54) is 40.9 Å². The van der Waals surface area contributed by atoms with Crippen LogP contribution in [0.25, 0.3) is 5.65 Å². The van der Waals surface area contributed by atoms with E-state index in [1.807, 2.05) is 35.7 Å². The highest BCUT2D eigenvalue weighted by Crippen LogP contribution is 2.50. The number of β-lactam (4-membered cyclic amide) rings is 1. The summed E-state index contributed by atoms with van der Waals surface area (Å²) in [7, 11) is 0. The Morgan fingerprint density at radius 2 is 2.03 bits per heavy atom.